The first kappa shape index (κ1) is 13.8. The van der Waals surface area contributed by atoms with Gasteiger partial charge in [-0.3, -0.25) is 4.79 Å². The van der Waals surface area contributed by atoms with E-state index in [0.29, 0.717) is 23.8 Å². The highest BCUT2D eigenvalue weighted by Gasteiger charge is 2.03. The number of amides is 1. The average Bonchev–Trinajstić information content (AvgIpc) is 2.32. The van der Waals surface area contributed by atoms with Crippen LogP contribution < -0.4 is 10.1 Å². The fraction of sp³-hybridized carbons (Fsp3) is 0.462. The number of ether oxygens (including phenoxy) is 1. The van der Waals surface area contributed by atoms with Gasteiger partial charge in [0.15, 0.2) is 0 Å². The zero-order valence-corrected chi connectivity index (χ0v) is 10.8. The molecule has 1 aromatic carbocycles. The number of carbonyl (C=O) groups is 1. The van der Waals surface area contributed by atoms with E-state index in [4.69, 9.17) is 16.3 Å². The van der Waals surface area contributed by atoms with E-state index in [9.17, 15) is 4.79 Å². The number of benzene rings is 1. The van der Waals surface area contributed by atoms with Crippen LogP contribution in [0.3, 0.4) is 0 Å². The molecule has 0 unspecified atom stereocenters. The molecule has 0 radical (unpaired) electrons. The van der Waals surface area contributed by atoms with Crippen molar-refractivity contribution in [1.29, 1.82) is 0 Å². The number of para-hydroxylation sites is 1. The summed E-state index contributed by atoms with van der Waals surface area (Å²) in [5.41, 5.74) is 0. The Labute approximate surface area is 107 Å². The van der Waals surface area contributed by atoms with Crippen molar-refractivity contribution in [2.45, 2.75) is 26.2 Å². The molecule has 3 nitrogen and oxygen atoms in total. The third kappa shape index (κ3) is 5.59. The largest absolute Gasteiger partial charge is 0.491 e. The molecule has 1 N–H and O–H groups in total. The van der Waals surface area contributed by atoms with Gasteiger partial charge >= 0.3 is 0 Å². The SMILES string of the molecule is CCCCNC(=O)CCOc1ccccc1Cl. The fourth-order valence-electron chi connectivity index (χ4n) is 1.31. The van der Waals surface area contributed by atoms with Gasteiger partial charge in [0, 0.05) is 6.54 Å². The summed E-state index contributed by atoms with van der Waals surface area (Å²) in [6, 6.07) is 7.24. The number of rotatable bonds is 7. The molecule has 1 amide bonds. The number of unbranched alkanes of at least 4 members (excludes halogenated alkanes) is 1. The smallest absolute Gasteiger partial charge is 0.223 e. The minimum Gasteiger partial charge on any atom is -0.491 e. The molecule has 0 saturated carbocycles. The van der Waals surface area contributed by atoms with Crippen molar-refractivity contribution < 1.29 is 9.53 Å². The zero-order valence-electron chi connectivity index (χ0n) is 10.0. The zero-order chi connectivity index (χ0) is 12.5. The minimum absolute atomic E-state index is 0.0190. The molecule has 0 aromatic heterocycles. The van der Waals surface area contributed by atoms with Gasteiger partial charge in [-0.05, 0) is 18.6 Å². The highest BCUT2D eigenvalue weighted by molar-refractivity contribution is 6.32. The predicted molar refractivity (Wildman–Crippen MR) is 69.5 cm³/mol. The van der Waals surface area contributed by atoms with E-state index in [1.165, 1.54) is 0 Å². The van der Waals surface area contributed by atoms with E-state index < -0.39 is 0 Å². The maximum Gasteiger partial charge on any atom is 0.223 e. The van der Waals surface area contributed by atoms with Crippen molar-refractivity contribution >= 4 is 17.5 Å². The van der Waals surface area contributed by atoms with Crippen LogP contribution in [-0.4, -0.2) is 19.1 Å². The molecule has 4 heteroatoms. The monoisotopic (exact) mass is 255 g/mol. The van der Waals surface area contributed by atoms with Crippen LogP contribution in [-0.2, 0) is 4.79 Å². The minimum atomic E-state index is 0.0190. The molecule has 0 atom stereocenters. The van der Waals surface area contributed by atoms with Gasteiger partial charge in [-0.1, -0.05) is 37.1 Å². The topological polar surface area (TPSA) is 38.3 Å². The van der Waals surface area contributed by atoms with Crippen LogP contribution in [0.5, 0.6) is 5.75 Å². The molecule has 94 valence electrons. The van der Waals surface area contributed by atoms with Crippen LogP contribution in [0.2, 0.25) is 5.02 Å². The third-order valence-corrected chi connectivity index (χ3v) is 2.59. The van der Waals surface area contributed by atoms with Gasteiger partial charge in [-0.15, -0.1) is 0 Å². The molecular weight excluding hydrogens is 238 g/mol. The molecule has 1 rings (SSSR count). The lowest BCUT2D eigenvalue weighted by molar-refractivity contribution is -0.121. The van der Waals surface area contributed by atoms with E-state index in [1.54, 1.807) is 12.1 Å². The Balaban J connectivity index is 2.19. The highest BCUT2D eigenvalue weighted by Crippen LogP contribution is 2.22. The lowest BCUT2D eigenvalue weighted by Gasteiger charge is -2.08. The maximum atomic E-state index is 11.4. The molecule has 0 aliphatic heterocycles. The standard InChI is InChI=1S/C13H18ClNO2/c1-2-3-9-15-13(16)8-10-17-12-7-5-4-6-11(12)14/h4-7H,2-3,8-10H2,1H3,(H,15,16). The van der Waals surface area contributed by atoms with E-state index in [-0.39, 0.29) is 5.91 Å². The lowest BCUT2D eigenvalue weighted by atomic mass is 10.3. The van der Waals surface area contributed by atoms with Crippen LogP contribution in [0.25, 0.3) is 0 Å². The Kier molecular flexibility index (Phi) is 6.48. The van der Waals surface area contributed by atoms with Gasteiger partial charge in [0.25, 0.3) is 0 Å². The first-order valence-corrected chi connectivity index (χ1v) is 6.26. The molecule has 0 aliphatic rings. The van der Waals surface area contributed by atoms with Gasteiger partial charge in [-0.2, -0.15) is 0 Å². The second-order valence-corrected chi connectivity index (χ2v) is 4.14. The summed E-state index contributed by atoms with van der Waals surface area (Å²) in [6.45, 7) is 3.18. The second kappa shape index (κ2) is 7.96. The van der Waals surface area contributed by atoms with Gasteiger partial charge in [0.05, 0.1) is 18.1 Å². The van der Waals surface area contributed by atoms with Crippen LogP contribution >= 0.6 is 11.6 Å². The molecule has 0 fully saturated rings. The summed E-state index contributed by atoms with van der Waals surface area (Å²) < 4.78 is 5.42. The summed E-state index contributed by atoms with van der Waals surface area (Å²) in [5, 5.41) is 3.40. The maximum absolute atomic E-state index is 11.4. The van der Waals surface area contributed by atoms with Crippen molar-refractivity contribution in [3.63, 3.8) is 0 Å². The molecule has 0 saturated heterocycles. The van der Waals surface area contributed by atoms with Crippen LogP contribution in [0, 0.1) is 0 Å². The first-order chi connectivity index (χ1) is 8.24. The fourth-order valence-corrected chi connectivity index (χ4v) is 1.50. The van der Waals surface area contributed by atoms with E-state index in [0.717, 1.165) is 19.4 Å². The van der Waals surface area contributed by atoms with Gasteiger partial charge in [0.1, 0.15) is 5.75 Å². The first-order valence-electron chi connectivity index (χ1n) is 5.88. The van der Waals surface area contributed by atoms with Crippen molar-refractivity contribution in [3.8, 4) is 5.75 Å². The van der Waals surface area contributed by atoms with Crippen LogP contribution in [0.4, 0.5) is 0 Å². The van der Waals surface area contributed by atoms with E-state index in [2.05, 4.69) is 12.2 Å². The average molecular weight is 256 g/mol. The number of carbonyl (C=O) groups excluding carboxylic acids is 1. The Morgan fingerprint density at radius 2 is 2.18 bits per heavy atom. The Bertz CT molecular complexity index is 355. The number of nitrogens with one attached hydrogen (secondary N) is 1. The van der Waals surface area contributed by atoms with Crippen LogP contribution in [0.15, 0.2) is 24.3 Å². The Morgan fingerprint density at radius 3 is 2.88 bits per heavy atom. The number of halogens is 1. The molecule has 17 heavy (non-hydrogen) atoms. The molecule has 1 aromatic rings. The summed E-state index contributed by atoms with van der Waals surface area (Å²) in [6.07, 6.45) is 2.45. The molecule has 0 heterocycles. The predicted octanol–water partition coefficient (Wildman–Crippen LogP) is 3.03. The van der Waals surface area contributed by atoms with Gasteiger partial charge < -0.3 is 10.1 Å². The highest BCUT2D eigenvalue weighted by atomic mass is 35.5. The van der Waals surface area contributed by atoms with Crippen molar-refractivity contribution in [1.82, 2.24) is 5.32 Å². The second-order valence-electron chi connectivity index (χ2n) is 3.73. The molecule has 0 spiro atoms. The summed E-state index contributed by atoms with van der Waals surface area (Å²) in [4.78, 5) is 11.4. The summed E-state index contributed by atoms with van der Waals surface area (Å²) >= 11 is 5.92. The number of hydrogen-bond donors (Lipinski definition) is 1. The van der Waals surface area contributed by atoms with Crippen LogP contribution in [0.1, 0.15) is 26.2 Å². The molecule has 0 bridgehead atoms. The third-order valence-electron chi connectivity index (χ3n) is 2.28. The molecule has 0 aliphatic carbocycles. The normalized spacial score (nSPS) is 10.0. The van der Waals surface area contributed by atoms with Crippen molar-refractivity contribution in [2.24, 2.45) is 0 Å². The Hall–Kier alpha value is -1.22. The van der Waals surface area contributed by atoms with Gasteiger partial charge in [-0.25, -0.2) is 0 Å². The lowest BCUT2D eigenvalue weighted by Crippen LogP contribution is -2.25. The molecular formula is C13H18ClNO2. The Morgan fingerprint density at radius 1 is 1.41 bits per heavy atom. The number of hydrogen-bond acceptors (Lipinski definition) is 2. The quantitative estimate of drug-likeness (QED) is 0.761. The van der Waals surface area contributed by atoms with E-state index in [1.807, 2.05) is 12.1 Å². The summed E-state index contributed by atoms with van der Waals surface area (Å²) in [5.74, 6) is 0.640. The van der Waals surface area contributed by atoms with Crippen molar-refractivity contribution in [3.05, 3.63) is 29.3 Å². The van der Waals surface area contributed by atoms with E-state index >= 15 is 0 Å². The summed E-state index contributed by atoms with van der Waals surface area (Å²) in [7, 11) is 0. The van der Waals surface area contributed by atoms with Crippen molar-refractivity contribution in [2.75, 3.05) is 13.2 Å². The van der Waals surface area contributed by atoms with Gasteiger partial charge in [0.2, 0.25) is 5.91 Å².